The first-order valence-corrected chi connectivity index (χ1v) is 5.86. The molecule has 1 N–H and O–H groups in total. The van der Waals surface area contributed by atoms with Crippen molar-refractivity contribution in [3.63, 3.8) is 0 Å². The maximum Gasteiger partial charge on any atom is 0.233 e. The minimum Gasteiger partial charge on any atom is -0.352 e. The topological polar surface area (TPSA) is 29.1 Å². The van der Waals surface area contributed by atoms with Crippen molar-refractivity contribution in [2.45, 2.75) is 43.9 Å². The van der Waals surface area contributed by atoms with E-state index in [-0.39, 0.29) is 11.2 Å². The lowest BCUT2D eigenvalue weighted by atomic mass is 10.2. The van der Waals surface area contributed by atoms with Crippen LogP contribution in [-0.2, 0) is 4.79 Å². The van der Waals surface area contributed by atoms with Gasteiger partial charge in [0.25, 0.3) is 0 Å². The van der Waals surface area contributed by atoms with E-state index >= 15 is 0 Å². The van der Waals surface area contributed by atoms with Crippen LogP contribution in [-0.4, -0.2) is 23.5 Å². The predicted molar refractivity (Wildman–Crippen MR) is 53.4 cm³/mol. The molecule has 0 radical (unpaired) electrons. The molecule has 1 fully saturated rings. The first-order chi connectivity index (χ1) is 5.74. The summed E-state index contributed by atoms with van der Waals surface area (Å²) in [6.07, 6.45) is 6.87. The smallest absolute Gasteiger partial charge is 0.233 e. The highest BCUT2D eigenvalue weighted by Gasteiger charge is 2.19. The number of nitrogens with one attached hydrogen (secondary N) is 1. The molecule has 1 rings (SSSR count). The van der Waals surface area contributed by atoms with E-state index in [1.54, 1.807) is 11.8 Å². The van der Waals surface area contributed by atoms with Gasteiger partial charge in [0.05, 0.1) is 5.25 Å². The Balaban J connectivity index is 2.25. The van der Waals surface area contributed by atoms with E-state index < -0.39 is 0 Å². The van der Waals surface area contributed by atoms with E-state index in [9.17, 15) is 4.79 Å². The van der Waals surface area contributed by atoms with Crippen LogP contribution in [0.2, 0.25) is 0 Å². The molecule has 0 heterocycles. The minimum absolute atomic E-state index is 0.102. The van der Waals surface area contributed by atoms with Crippen LogP contribution in [0.3, 0.4) is 0 Å². The van der Waals surface area contributed by atoms with Crippen LogP contribution in [0.1, 0.15) is 32.6 Å². The lowest BCUT2D eigenvalue weighted by Crippen LogP contribution is -2.37. The van der Waals surface area contributed by atoms with Crippen LogP contribution in [0.25, 0.3) is 0 Å². The summed E-state index contributed by atoms with van der Waals surface area (Å²) in [5.74, 6) is 0.203. The van der Waals surface area contributed by atoms with Crippen LogP contribution in [0.4, 0.5) is 0 Å². The summed E-state index contributed by atoms with van der Waals surface area (Å²) in [7, 11) is 0. The molecule has 1 unspecified atom stereocenters. The summed E-state index contributed by atoms with van der Waals surface area (Å²) in [5.41, 5.74) is 0. The summed E-state index contributed by atoms with van der Waals surface area (Å²) in [4.78, 5) is 11.4. The van der Waals surface area contributed by atoms with E-state index in [1.165, 1.54) is 25.7 Å². The maximum absolute atomic E-state index is 11.4. The molecule has 2 nitrogen and oxygen atoms in total. The van der Waals surface area contributed by atoms with Gasteiger partial charge in [0, 0.05) is 6.04 Å². The van der Waals surface area contributed by atoms with Crippen molar-refractivity contribution in [1.29, 1.82) is 0 Å². The largest absolute Gasteiger partial charge is 0.352 e. The molecule has 0 bridgehead atoms. The fourth-order valence-electron chi connectivity index (χ4n) is 1.50. The minimum atomic E-state index is 0.102. The van der Waals surface area contributed by atoms with Gasteiger partial charge in [-0.1, -0.05) is 12.8 Å². The fraction of sp³-hybridized carbons (Fsp3) is 0.889. The average molecular weight is 187 g/mol. The highest BCUT2D eigenvalue weighted by Crippen LogP contribution is 2.18. The molecule has 1 saturated carbocycles. The standard InChI is InChI=1S/C9H17NOS/c1-7(12-2)9(11)10-8-5-3-4-6-8/h7-8H,3-6H2,1-2H3,(H,10,11). The normalized spacial score (nSPS) is 20.8. The molecule has 1 amide bonds. The molecular weight excluding hydrogens is 170 g/mol. The summed E-state index contributed by atoms with van der Waals surface area (Å²) >= 11 is 1.60. The second-order valence-electron chi connectivity index (χ2n) is 3.37. The molecule has 0 aromatic rings. The number of amides is 1. The zero-order valence-electron chi connectivity index (χ0n) is 7.80. The van der Waals surface area contributed by atoms with Crippen molar-refractivity contribution >= 4 is 17.7 Å². The number of rotatable bonds is 3. The summed E-state index contributed by atoms with van der Waals surface area (Å²) in [5, 5.41) is 3.17. The number of hydrogen-bond acceptors (Lipinski definition) is 2. The van der Waals surface area contributed by atoms with E-state index in [0.29, 0.717) is 6.04 Å². The highest BCUT2D eigenvalue weighted by molar-refractivity contribution is 7.99. The molecule has 0 saturated heterocycles. The molecule has 12 heavy (non-hydrogen) atoms. The molecule has 70 valence electrons. The lowest BCUT2D eigenvalue weighted by molar-refractivity contribution is -0.120. The molecule has 3 heteroatoms. The van der Waals surface area contributed by atoms with Gasteiger partial charge in [-0.25, -0.2) is 0 Å². The van der Waals surface area contributed by atoms with Crippen molar-refractivity contribution in [3.05, 3.63) is 0 Å². The number of thioether (sulfide) groups is 1. The van der Waals surface area contributed by atoms with E-state index in [2.05, 4.69) is 5.32 Å². The van der Waals surface area contributed by atoms with Gasteiger partial charge in [-0.15, -0.1) is 0 Å². The third kappa shape index (κ3) is 2.70. The Morgan fingerprint density at radius 1 is 1.50 bits per heavy atom. The fourth-order valence-corrected chi connectivity index (χ4v) is 1.78. The van der Waals surface area contributed by atoms with Crippen molar-refractivity contribution in [2.24, 2.45) is 0 Å². The summed E-state index contributed by atoms with van der Waals surface area (Å²) in [6.45, 7) is 1.95. The zero-order chi connectivity index (χ0) is 8.97. The van der Waals surface area contributed by atoms with Crippen LogP contribution < -0.4 is 5.32 Å². The van der Waals surface area contributed by atoms with Gasteiger partial charge in [0.2, 0.25) is 5.91 Å². The third-order valence-corrected chi connectivity index (χ3v) is 3.35. The van der Waals surface area contributed by atoms with Gasteiger partial charge >= 0.3 is 0 Å². The summed E-state index contributed by atoms with van der Waals surface area (Å²) in [6, 6.07) is 0.465. The van der Waals surface area contributed by atoms with Crippen LogP contribution in [0, 0.1) is 0 Å². The Morgan fingerprint density at radius 3 is 2.58 bits per heavy atom. The molecule has 0 aromatic heterocycles. The Labute approximate surface area is 78.5 Å². The highest BCUT2D eigenvalue weighted by atomic mass is 32.2. The van der Waals surface area contributed by atoms with Gasteiger partial charge < -0.3 is 5.32 Å². The predicted octanol–water partition coefficient (Wildman–Crippen LogP) is 1.80. The number of carbonyl (C=O) groups excluding carboxylic acids is 1. The van der Waals surface area contributed by atoms with Crippen molar-refractivity contribution in [2.75, 3.05) is 6.26 Å². The quantitative estimate of drug-likeness (QED) is 0.730. The second kappa shape index (κ2) is 4.75. The molecule has 0 aliphatic heterocycles. The lowest BCUT2D eigenvalue weighted by Gasteiger charge is -2.14. The van der Waals surface area contributed by atoms with Crippen molar-refractivity contribution in [3.8, 4) is 0 Å². The summed E-state index contributed by atoms with van der Waals surface area (Å²) < 4.78 is 0. The Morgan fingerprint density at radius 2 is 2.08 bits per heavy atom. The van der Waals surface area contributed by atoms with Gasteiger partial charge in [0.15, 0.2) is 0 Å². The van der Waals surface area contributed by atoms with Gasteiger partial charge in [-0.05, 0) is 26.0 Å². The van der Waals surface area contributed by atoms with Crippen LogP contribution in [0.5, 0.6) is 0 Å². The van der Waals surface area contributed by atoms with E-state index in [4.69, 9.17) is 0 Å². The Kier molecular flexibility index (Phi) is 3.92. The second-order valence-corrected chi connectivity index (χ2v) is 4.55. The van der Waals surface area contributed by atoms with E-state index in [0.717, 1.165) is 0 Å². The zero-order valence-corrected chi connectivity index (χ0v) is 8.62. The molecule has 1 aliphatic carbocycles. The monoisotopic (exact) mass is 187 g/mol. The van der Waals surface area contributed by atoms with Gasteiger partial charge in [0.1, 0.15) is 0 Å². The maximum atomic E-state index is 11.4. The van der Waals surface area contributed by atoms with Crippen LogP contribution in [0.15, 0.2) is 0 Å². The average Bonchev–Trinajstić information content (AvgIpc) is 2.55. The number of carbonyl (C=O) groups is 1. The van der Waals surface area contributed by atoms with Crippen molar-refractivity contribution < 1.29 is 4.79 Å². The van der Waals surface area contributed by atoms with Gasteiger partial charge in [-0.3, -0.25) is 4.79 Å². The third-order valence-electron chi connectivity index (χ3n) is 2.42. The molecule has 1 aliphatic rings. The molecular formula is C9H17NOS. The first-order valence-electron chi connectivity index (χ1n) is 4.57. The Hall–Kier alpha value is -0.180. The molecule has 0 aromatic carbocycles. The van der Waals surface area contributed by atoms with E-state index in [1.807, 2.05) is 13.2 Å². The Bertz CT molecular complexity index is 155. The SMILES string of the molecule is CSC(C)C(=O)NC1CCCC1. The van der Waals surface area contributed by atoms with Gasteiger partial charge in [-0.2, -0.15) is 11.8 Å². The molecule has 0 spiro atoms. The molecule has 1 atom stereocenters. The first kappa shape index (κ1) is 9.90. The number of hydrogen-bond donors (Lipinski definition) is 1. The van der Waals surface area contributed by atoms with Crippen molar-refractivity contribution in [1.82, 2.24) is 5.32 Å². The van der Waals surface area contributed by atoms with Crippen LogP contribution >= 0.6 is 11.8 Å².